The Balaban J connectivity index is 1.30. The zero-order chi connectivity index (χ0) is 34.4. The van der Waals surface area contributed by atoms with Crippen molar-refractivity contribution in [3.05, 3.63) is 170 Å². The van der Waals surface area contributed by atoms with Gasteiger partial charge in [-0.05, 0) is 82.2 Å². The van der Waals surface area contributed by atoms with E-state index in [1.165, 1.54) is 93.2 Å². The average molecular weight is 673 g/mol. The van der Waals surface area contributed by atoms with E-state index < -0.39 is 0 Å². The zero-order valence-corrected chi connectivity index (χ0v) is 28.5. The number of pyridine rings is 1. The van der Waals surface area contributed by atoms with Gasteiger partial charge in [-0.25, -0.2) is 4.98 Å². The van der Waals surface area contributed by atoms with Crippen LogP contribution in [0.25, 0.3) is 116 Å². The molecule has 0 N–H and O–H groups in total. The summed E-state index contributed by atoms with van der Waals surface area (Å²) < 4.78 is 7.38. The molecule has 244 valence electrons. The molecule has 4 heteroatoms. The van der Waals surface area contributed by atoms with E-state index >= 15 is 0 Å². The van der Waals surface area contributed by atoms with Gasteiger partial charge in [0.05, 0.1) is 44.3 Å². The third-order valence-electron chi connectivity index (χ3n) is 11.7. The molecular formula is C49H28N4. The summed E-state index contributed by atoms with van der Waals surface area (Å²) in [5.74, 6) is 0. The van der Waals surface area contributed by atoms with Crippen molar-refractivity contribution in [2.24, 2.45) is 0 Å². The smallest absolute Gasteiger partial charge is 0.147 e. The van der Waals surface area contributed by atoms with Crippen molar-refractivity contribution in [3.8, 4) is 33.6 Å². The summed E-state index contributed by atoms with van der Waals surface area (Å²) >= 11 is 0. The van der Waals surface area contributed by atoms with E-state index in [0.717, 1.165) is 22.4 Å². The molecule has 0 saturated heterocycles. The average Bonchev–Trinajstić information content (AvgIpc) is 3.96. The first-order valence-electron chi connectivity index (χ1n) is 18.2. The van der Waals surface area contributed by atoms with Gasteiger partial charge in [-0.15, -0.1) is 0 Å². The fourth-order valence-electron chi connectivity index (χ4n) is 9.70. The standard InChI is InChI=1S/C49H28N4/c1-2-13-29(14-3-1)51-39-22-9-6-17-35(39)45-43(51)28-26-37-46(45)49-50-38-21-8-11-24-42(38)53(49)47-36-18-7-10-23-40(36)52(48(37)47)41-27-25-33-31-16-5-4-15-30(31)32-19-12-20-34(41)44(32)33/h1-28H. The number of rotatable bonds is 2. The number of imidazole rings is 1. The Morgan fingerprint density at radius 3 is 1.81 bits per heavy atom. The van der Waals surface area contributed by atoms with Crippen molar-refractivity contribution in [1.82, 2.24) is 18.5 Å². The van der Waals surface area contributed by atoms with Gasteiger partial charge in [-0.3, -0.25) is 4.40 Å². The lowest BCUT2D eigenvalue weighted by Gasteiger charge is -2.15. The van der Waals surface area contributed by atoms with Gasteiger partial charge in [0.15, 0.2) is 0 Å². The molecule has 12 aromatic rings. The molecule has 1 aliphatic rings. The summed E-state index contributed by atoms with van der Waals surface area (Å²) in [5, 5.41) is 8.57. The molecule has 0 atom stereocenters. The largest absolute Gasteiger partial charge is 0.309 e. The second-order valence-corrected chi connectivity index (χ2v) is 14.3. The molecule has 0 saturated carbocycles. The molecule has 0 radical (unpaired) electrons. The van der Waals surface area contributed by atoms with E-state index in [9.17, 15) is 0 Å². The maximum atomic E-state index is 5.47. The molecule has 0 amide bonds. The van der Waals surface area contributed by atoms with Gasteiger partial charge in [0.2, 0.25) is 0 Å². The van der Waals surface area contributed by atoms with Crippen LogP contribution < -0.4 is 0 Å². The summed E-state index contributed by atoms with van der Waals surface area (Å²) in [7, 11) is 0. The molecule has 1 aliphatic carbocycles. The Hall–Kier alpha value is -7.17. The molecule has 0 aliphatic heterocycles. The van der Waals surface area contributed by atoms with Gasteiger partial charge in [0, 0.05) is 38.0 Å². The van der Waals surface area contributed by atoms with Crippen molar-refractivity contribution < 1.29 is 0 Å². The van der Waals surface area contributed by atoms with Crippen molar-refractivity contribution in [2.45, 2.75) is 0 Å². The number of hydrogen-bond donors (Lipinski definition) is 0. The highest BCUT2D eigenvalue weighted by Crippen LogP contribution is 2.50. The van der Waals surface area contributed by atoms with Gasteiger partial charge in [-0.1, -0.05) is 115 Å². The molecule has 0 spiro atoms. The van der Waals surface area contributed by atoms with Crippen LogP contribution in [-0.4, -0.2) is 18.5 Å². The summed E-state index contributed by atoms with van der Waals surface area (Å²) in [6.45, 7) is 0. The first-order valence-corrected chi connectivity index (χ1v) is 18.2. The van der Waals surface area contributed by atoms with Crippen LogP contribution in [0.2, 0.25) is 0 Å². The van der Waals surface area contributed by atoms with Gasteiger partial charge in [0.25, 0.3) is 0 Å². The van der Waals surface area contributed by atoms with Gasteiger partial charge < -0.3 is 9.13 Å². The van der Waals surface area contributed by atoms with Crippen molar-refractivity contribution in [2.75, 3.05) is 0 Å². The Morgan fingerprint density at radius 1 is 0.340 bits per heavy atom. The molecule has 0 fully saturated rings. The fraction of sp³-hybridized carbons (Fsp3) is 0. The Morgan fingerprint density at radius 2 is 0.981 bits per heavy atom. The molecule has 53 heavy (non-hydrogen) atoms. The van der Waals surface area contributed by atoms with Crippen LogP contribution in [0.3, 0.4) is 0 Å². The van der Waals surface area contributed by atoms with E-state index in [-0.39, 0.29) is 0 Å². The van der Waals surface area contributed by atoms with E-state index in [1.54, 1.807) is 0 Å². The van der Waals surface area contributed by atoms with Crippen molar-refractivity contribution in [1.29, 1.82) is 0 Å². The molecule has 13 rings (SSSR count). The molecular weight excluding hydrogens is 645 g/mol. The molecule has 4 aromatic heterocycles. The Bertz CT molecular complexity index is 3530. The minimum atomic E-state index is 0.981. The van der Waals surface area contributed by atoms with Gasteiger partial charge in [0.1, 0.15) is 5.65 Å². The molecule has 4 nitrogen and oxygen atoms in total. The topological polar surface area (TPSA) is 27.2 Å². The van der Waals surface area contributed by atoms with Crippen molar-refractivity contribution >= 4 is 82.0 Å². The third-order valence-corrected chi connectivity index (χ3v) is 11.7. The lowest BCUT2D eigenvalue weighted by molar-refractivity contribution is 1.18. The lowest BCUT2D eigenvalue weighted by atomic mass is 10.0. The van der Waals surface area contributed by atoms with Gasteiger partial charge in [-0.2, -0.15) is 0 Å². The Kier molecular flexibility index (Phi) is 5.08. The van der Waals surface area contributed by atoms with Crippen LogP contribution in [0, 0.1) is 0 Å². The second-order valence-electron chi connectivity index (χ2n) is 14.3. The first-order chi connectivity index (χ1) is 26.3. The van der Waals surface area contributed by atoms with Crippen LogP contribution in [0.4, 0.5) is 0 Å². The first kappa shape index (κ1) is 27.5. The highest BCUT2D eigenvalue weighted by molar-refractivity contribution is 6.32. The number of aromatic nitrogens is 4. The highest BCUT2D eigenvalue weighted by Gasteiger charge is 2.27. The van der Waals surface area contributed by atoms with Gasteiger partial charge >= 0.3 is 0 Å². The summed E-state index contributed by atoms with van der Waals surface area (Å²) in [4.78, 5) is 5.47. The SMILES string of the molecule is c1ccc(-n2c3ccccc3c3c4c(ccc32)c2c(c3ccccc3n2-c2ccc3c5c(cccc25)-c2ccccc2-3)n2c3ccccc3nc42)cc1. The maximum Gasteiger partial charge on any atom is 0.147 e. The number of nitrogens with zero attached hydrogens (tertiary/aromatic N) is 4. The normalized spacial score (nSPS) is 12.5. The van der Waals surface area contributed by atoms with Crippen LogP contribution in [0.5, 0.6) is 0 Å². The number of para-hydroxylation sites is 5. The van der Waals surface area contributed by atoms with E-state index in [2.05, 4.69) is 183 Å². The quantitative estimate of drug-likeness (QED) is 0.180. The number of benzene rings is 8. The van der Waals surface area contributed by atoms with Crippen LogP contribution in [-0.2, 0) is 0 Å². The highest BCUT2D eigenvalue weighted by atomic mass is 15.1. The third kappa shape index (κ3) is 3.34. The minimum absolute atomic E-state index is 0.981. The summed E-state index contributed by atoms with van der Waals surface area (Å²) in [5.41, 5.74) is 16.5. The van der Waals surface area contributed by atoms with Crippen LogP contribution >= 0.6 is 0 Å². The minimum Gasteiger partial charge on any atom is -0.309 e. The summed E-state index contributed by atoms with van der Waals surface area (Å²) in [6.07, 6.45) is 0. The predicted molar refractivity (Wildman–Crippen MR) is 221 cm³/mol. The molecule has 0 unspecified atom stereocenters. The zero-order valence-electron chi connectivity index (χ0n) is 28.5. The van der Waals surface area contributed by atoms with Crippen molar-refractivity contribution in [3.63, 3.8) is 0 Å². The molecule has 4 heterocycles. The van der Waals surface area contributed by atoms with Crippen LogP contribution in [0.15, 0.2) is 170 Å². The monoisotopic (exact) mass is 672 g/mol. The number of fused-ring (bicyclic) bond motifs is 17. The van der Waals surface area contributed by atoms with Crippen LogP contribution in [0.1, 0.15) is 0 Å². The van der Waals surface area contributed by atoms with E-state index in [4.69, 9.17) is 4.98 Å². The van der Waals surface area contributed by atoms with E-state index in [0.29, 0.717) is 0 Å². The molecule has 8 aromatic carbocycles. The maximum absolute atomic E-state index is 5.47. The van der Waals surface area contributed by atoms with E-state index in [1.807, 2.05) is 0 Å². The second kappa shape index (κ2) is 9.78. The Labute approximate surface area is 303 Å². The fourth-order valence-corrected chi connectivity index (χ4v) is 9.70. The predicted octanol–water partition coefficient (Wildman–Crippen LogP) is 12.6. The lowest BCUT2D eigenvalue weighted by Crippen LogP contribution is -1.99. The summed E-state index contributed by atoms with van der Waals surface area (Å²) in [6, 6.07) is 62.0. The number of hydrogen-bond acceptors (Lipinski definition) is 1. The molecule has 0 bridgehead atoms.